The van der Waals surface area contributed by atoms with Crippen molar-refractivity contribution in [3.8, 4) is 0 Å². The van der Waals surface area contributed by atoms with Crippen molar-refractivity contribution in [1.29, 1.82) is 0 Å². The number of aryl methyl sites for hydroxylation is 1. The van der Waals surface area contributed by atoms with Gasteiger partial charge in [0.05, 0.1) is 5.56 Å². The number of anilines is 1. The number of rotatable bonds is 2. The number of hydrogen-bond donors (Lipinski definition) is 1. The first-order chi connectivity index (χ1) is 8.97. The van der Waals surface area contributed by atoms with E-state index < -0.39 is 5.82 Å². The van der Waals surface area contributed by atoms with Gasteiger partial charge in [0.2, 0.25) is 0 Å². The number of hydrogen-bond acceptors (Lipinski definition) is 1. The Morgan fingerprint density at radius 3 is 2.74 bits per heavy atom. The zero-order valence-corrected chi connectivity index (χ0v) is 12.3. The number of carbonyl (C=O) groups excluding carboxylic acids is 1. The Balaban J connectivity index is 2.28. The second kappa shape index (κ2) is 5.72. The van der Waals surface area contributed by atoms with Gasteiger partial charge in [0, 0.05) is 15.2 Å². The van der Waals surface area contributed by atoms with E-state index in [2.05, 4.69) is 21.2 Å². The summed E-state index contributed by atoms with van der Waals surface area (Å²) >= 11 is 9.10. The van der Waals surface area contributed by atoms with Crippen molar-refractivity contribution in [2.45, 2.75) is 6.92 Å². The van der Waals surface area contributed by atoms with Crippen molar-refractivity contribution in [2.75, 3.05) is 5.32 Å². The van der Waals surface area contributed by atoms with Crippen molar-refractivity contribution in [3.05, 3.63) is 62.8 Å². The standard InChI is InChI=1S/C14H10BrClFNO/c1-8-3-2-4-12(13(8)15)14(19)18-11-6-9(16)5-10(17)7-11/h2-7H,1H3,(H,18,19). The molecule has 0 spiro atoms. The summed E-state index contributed by atoms with van der Waals surface area (Å²) in [6, 6.07) is 9.25. The molecule has 0 aliphatic rings. The normalized spacial score (nSPS) is 10.3. The average Bonchev–Trinajstić information content (AvgIpc) is 2.31. The number of benzene rings is 2. The van der Waals surface area contributed by atoms with Crippen LogP contribution in [0.5, 0.6) is 0 Å². The van der Waals surface area contributed by atoms with Crippen LogP contribution in [0.25, 0.3) is 0 Å². The van der Waals surface area contributed by atoms with Gasteiger partial charge in [-0.05, 0) is 52.7 Å². The minimum absolute atomic E-state index is 0.235. The van der Waals surface area contributed by atoms with Crippen LogP contribution >= 0.6 is 27.5 Å². The highest BCUT2D eigenvalue weighted by atomic mass is 79.9. The number of nitrogens with one attached hydrogen (secondary N) is 1. The van der Waals surface area contributed by atoms with Gasteiger partial charge >= 0.3 is 0 Å². The van der Waals surface area contributed by atoms with Crippen LogP contribution in [0.2, 0.25) is 5.02 Å². The minimum Gasteiger partial charge on any atom is -0.322 e. The lowest BCUT2D eigenvalue weighted by molar-refractivity contribution is 0.102. The highest BCUT2D eigenvalue weighted by Crippen LogP contribution is 2.23. The van der Waals surface area contributed by atoms with Crippen molar-refractivity contribution in [1.82, 2.24) is 0 Å². The molecule has 0 aliphatic carbocycles. The van der Waals surface area contributed by atoms with Crippen LogP contribution in [-0.2, 0) is 0 Å². The molecule has 5 heteroatoms. The first-order valence-electron chi connectivity index (χ1n) is 5.50. The lowest BCUT2D eigenvalue weighted by Crippen LogP contribution is -2.13. The third-order valence-electron chi connectivity index (χ3n) is 2.56. The van der Waals surface area contributed by atoms with Crippen LogP contribution < -0.4 is 5.32 Å². The molecular weight excluding hydrogens is 333 g/mol. The third kappa shape index (κ3) is 3.33. The summed E-state index contributed by atoms with van der Waals surface area (Å²) in [7, 11) is 0. The molecule has 0 atom stereocenters. The molecule has 0 unspecified atom stereocenters. The zero-order valence-electron chi connectivity index (χ0n) is 10.0. The Hall–Kier alpha value is -1.39. The van der Waals surface area contributed by atoms with Crippen LogP contribution in [-0.4, -0.2) is 5.91 Å². The highest BCUT2D eigenvalue weighted by molar-refractivity contribution is 9.10. The molecule has 1 amide bonds. The summed E-state index contributed by atoms with van der Waals surface area (Å²) in [5, 5.41) is 2.85. The second-order valence-corrected chi connectivity index (χ2v) is 5.28. The summed E-state index contributed by atoms with van der Waals surface area (Å²) in [5.74, 6) is -0.816. The van der Waals surface area contributed by atoms with Crippen LogP contribution in [0.3, 0.4) is 0 Å². The monoisotopic (exact) mass is 341 g/mol. The molecule has 2 nitrogen and oxygen atoms in total. The molecule has 2 aromatic rings. The van der Waals surface area contributed by atoms with E-state index in [1.54, 1.807) is 12.1 Å². The topological polar surface area (TPSA) is 29.1 Å². The molecule has 0 bridgehead atoms. The zero-order chi connectivity index (χ0) is 14.0. The van der Waals surface area contributed by atoms with Crippen LogP contribution in [0, 0.1) is 12.7 Å². The predicted molar refractivity (Wildman–Crippen MR) is 78.2 cm³/mol. The molecule has 19 heavy (non-hydrogen) atoms. The smallest absolute Gasteiger partial charge is 0.256 e. The largest absolute Gasteiger partial charge is 0.322 e. The fourth-order valence-corrected chi connectivity index (χ4v) is 2.31. The summed E-state index contributed by atoms with van der Waals surface area (Å²) in [6.45, 7) is 1.89. The van der Waals surface area contributed by atoms with Crippen LogP contribution in [0.15, 0.2) is 40.9 Å². The van der Waals surface area contributed by atoms with Crippen molar-refractivity contribution < 1.29 is 9.18 Å². The Morgan fingerprint density at radius 2 is 2.05 bits per heavy atom. The average molecular weight is 343 g/mol. The lowest BCUT2D eigenvalue weighted by atomic mass is 10.1. The Labute approximate surface area is 123 Å². The molecule has 0 fully saturated rings. The highest BCUT2D eigenvalue weighted by Gasteiger charge is 2.12. The van der Waals surface area contributed by atoms with Gasteiger partial charge in [-0.1, -0.05) is 23.7 Å². The van der Waals surface area contributed by atoms with E-state index in [-0.39, 0.29) is 10.9 Å². The van der Waals surface area contributed by atoms with Gasteiger partial charge in [-0.15, -0.1) is 0 Å². The predicted octanol–water partition coefficient (Wildman–Crippen LogP) is 4.80. The molecule has 0 aromatic heterocycles. The van der Waals surface area contributed by atoms with Gasteiger partial charge in [-0.3, -0.25) is 4.79 Å². The number of amides is 1. The van der Waals surface area contributed by atoms with Gasteiger partial charge in [-0.25, -0.2) is 4.39 Å². The quantitative estimate of drug-likeness (QED) is 0.834. The van der Waals surface area contributed by atoms with E-state index in [4.69, 9.17) is 11.6 Å². The summed E-state index contributed by atoms with van der Waals surface area (Å²) in [6.07, 6.45) is 0. The SMILES string of the molecule is Cc1cccc(C(=O)Nc2cc(F)cc(Cl)c2)c1Br. The molecule has 0 heterocycles. The second-order valence-electron chi connectivity index (χ2n) is 4.05. The van der Waals surface area contributed by atoms with Gasteiger partial charge in [0.25, 0.3) is 5.91 Å². The van der Waals surface area contributed by atoms with E-state index in [0.29, 0.717) is 11.3 Å². The summed E-state index contributed by atoms with van der Waals surface area (Å²) in [5.41, 5.74) is 1.76. The molecule has 98 valence electrons. The van der Waals surface area contributed by atoms with E-state index in [1.165, 1.54) is 18.2 Å². The van der Waals surface area contributed by atoms with Crippen LogP contribution in [0.4, 0.5) is 10.1 Å². The molecule has 1 N–H and O–H groups in total. The molecule has 0 saturated carbocycles. The molecule has 0 radical (unpaired) electrons. The van der Waals surface area contributed by atoms with Crippen molar-refractivity contribution in [3.63, 3.8) is 0 Å². The van der Waals surface area contributed by atoms with E-state index in [9.17, 15) is 9.18 Å². The first kappa shape index (κ1) is 14.0. The Morgan fingerprint density at radius 1 is 1.32 bits per heavy atom. The van der Waals surface area contributed by atoms with Crippen molar-refractivity contribution in [2.24, 2.45) is 0 Å². The van der Waals surface area contributed by atoms with E-state index in [1.807, 2.05) is 13.0 Å². The summed E-state index contributed by atoms with van der Waals surface area (Å²) < 4.78 is 13.9. The molecule has 0 aliphatic heterocycles. The maximum atomic E-state index is 13.2. The molecule has 2 rings (SSSR count). The summed E-state index contributed by atoms with van der Waals surface area (Å²) in [4.78, 5) is 12.1. The molecular formula is C14H10BrClFNO. The number of halogens is 3. The van der Waals surface area contributed by atoms with Crippen LogP contribution in [0.1, 0.15) is 15.9 Å². The molecule has 2 aromatic carbocycles. The van der Waals surface area contributed by atoms with Gasteiger partial charge in [0.15, 0.2) is 0 Å². The van der Waals surface area contributed by atoms with E-state index in [0.717, 1.165) is 10.0 Å². The minimum atomic E-state index is -0.494. The maximum absolute atomic E-state index is 13.2. The lowest BCUT2D eigenvalue weighted by Gasteiger charge is -2.09. The first-order valence-corrected chi connectivity index (χ1v) is 6.67. The Bertz CT molecular complexity index is 625. The van der Waals surface area contributed by atoms with E-state index >= 15 is 0 Å². The fraction of sp³-hybridized carbons (Fsp3) is 0.0714. The Kier molecular flexibility index (Phi) is 4.22. The van der Waals surface area contributed by atoms with Gasteiger partial charge < -0.3 is 5.32 Å². The number of carbonyl (C=O) groups is 1. The van der Waals surface area contributed by atoms with Gasteiger partial charge in [0.1, 0.15) is 5.82 Å². The van der Waals surface area contributed by atoms with Gasteiger partial charge in [-0.2, -0.15) is 0 Å². The third-order valence-corrected chi connectivity index (χ3v) is 3.83. The van der Waals surface area contributed by atoms with Crippen molar-refractivity contribution >= 4 is 39.1 Å². The fourth-order valence-electron chi connectivity index (χ4n) is 1.65. The maximum Gasteiger partial charge on any atom is 0.256 e. The molecule has 0 saturated heterocycles.